The van der Waals surface area contributed by atoms with Crippen molar-refractivity contribution in [3.8, 4) is 0 Å². The van der Waals surface area contributed by atoms with Crippen LogP contribution in [0.2, 0.25) is 5.02 Å². The summed E-state index contributed by atoms with van der Waals surface area (Å²) < 4.78 is 0. The number of thiocarbonyl (C=S) groups is 1. The zero-order valence-corrected chi connectivity index (χ0v) is 17.7. The summed E-state index contributed by atoms with van der Waals surface area (Å²) >= 11 is 12.3. The van der Waals surface area contributed by atoms with Gasteiger partial charge < -0.3 is 4.90 Å². The average molecular weight is 409 g/mol. The minimum Gasteiger partial charge on any atom is -0.344 e. The van der Waals surface area contributed by atoms with Gasteiger partial charge in [0.25, 0.3) is 0 Å². The lowest BCUT2D eigenvalue weighted by atomic mass is 10.2. The lowest BCUT2D eigenvalue weighted by Crippen LogP contribution is -2.40. The molecule has 3 rings (SSSR count). The van der Waals surface area contributed by atoms with Crippen LogP contribution in [0.5, 0.6) is 0 Å². The summed E-state index contributed by atoms with van der Waals surface area (Å²) in [6.07, 6.45) is 2.21. The molecule has 0 saturated heterocycles. The van der Waals surface area contributed by atoms with E-state index in [1.54, 1.807) is 0 Å². The maximum atomic E-state index is 6.29. The SMILES string of the molecule is CCCCN(Cc1ccccc1)C(=S)N(c1ccccc1)c1cccc(Cl)c1. The molecule has 0 saturated carbocycles. The topological polar surface area (TPSA) is 6.48 Å². The van der Waals surface area contributed by atoms with E-state index in [0.29, 0.717) is 5.02 Å². The Morgan fingerprint density at radius 2 is 1.50 bits per heavy atom. The standard InChI is InChI=1S/C24H25ClN2S/c1-2-3-17-26(19-20-11-6-4-7-12-20)24(28)27(22-14-8-5-9-15-22)23-16-10-13-21(25)18-23/h4-16,18H,2-3,17,19H2,1H3. The summed E-state index contributed by atoms with van der Waals surface area (Å²) in [6.45, 7) is 3.90. The van der Waals surface area contributed by atoms with Crippen molar-refractivity contribution >= 4 is 40.3 Å². The van der Waals surface area contributed by atoms with Gasteiger partial charge in [0.1, 0.15) is 0 Å². The molecule has 4 heteroatoms. The van der Waals surface area contributed by atoms with Gasteiger partial charge in [0, 0.05) is 29.5 Å². The van der Waals surface area contributed by atoms with E-state index < -0.39 is 0 Å². The summed E-state index contributed by atoms with van der Waals surface area (Å²) in [5.41, 5.74) is 3.25. The van der Waals surface area contributed by atoms with E-state index in [0.717, 1.165) is 42.4 Å². The van der Waals surface area contributed by atoms with Crippen molar-refractivity contribution in [1.82, 2.24) is 4.90 Å². The van der Waals surface area contributed by atoms with Gasteiger partial charge in [-0.15, -0.1) is 0 Å². The first kappa shape index (κ1) is 20.4. The number of rotatable bonds is 7. The van der Waals surface area contributed by atoms with Gasteiger partial charge in [-0.1, -0.05) is 79.5 Å². The summed E-state index contributed by atoms with van der Waals surface area (Å²) in [6, 6.07) is 28.6. The number of halogens is 1. The molecular formula is C24H25ClN2S. The van der Waals surface area contributed by atoms with Crippen LogP contribution < -0.4 is 4.90 Å². The van der Waals surface area contributed by atoms with E-state index in [9.17, 15) is 0 Å². The highest BCUT2D eigenvalue weighted by Gasteiger charge is 2.20. The van der Waals surface area contributed by atoms with Crippen molar-refractivity contribution in [2.45, 2.75) is 26.3 Å². The first-order valence-electron chi connectivity index (χ1n) is 9.62. The fraction of sp³-hybridized carbons (Fsp3) is 0.208. The van der Waals surface area contributed by atoms with Crippen LogP contribution in [0, 0.1) is 0 Å². The normalized spacial score (nSPS) is 10.5. The van der Waals surface area contributed by atoms with Gasteiger partial charge in [-0.2, -0.15) is 0 Å². The van der Waals surface area contributed by atoms with Crippen molar-refractivity contribution in [1.29, 1.82) is 0 Å². The van der Waals surface area contributed by atoms with Crippen LogP contribution in [0.25, 0.3) is 0 Å². The molecule has 0 heterocycles. The highest BCUT2D eigenvalue weighted by molar-refractivity contribution is 7.80. The minimum absolute atomic E-state index is 0.699. The third-order valence-corrected chi connectivity index (χ3v) is 5.22. The molecule has 0 atom stereocenters. The number of hydrogen-bond acceptors (Lipinski definition) is 1. The van der Waals surface area contributed by atoms with Crippen LogP contribution >= 0.6 is 23.8 Å². The summed E-state index contributed by atoms with van der Waals surface area (Å²) in [7, 11) is 0. The molecule has 0 aliphatic rings. The molecule has 3 aromatic carbocycles. The zero-order chi connectivity index (χ0) is 19.8. The third-order valence-electron chi connectivity index (χ3n) is 4.54. The van der Waals surface area contributed by atoms with Gasteiger partial charge in [0.05, 0.1) is 0 Å². The number of hydrogen-bond donors (Lipinski definition) is 0. The molecule has 0 bridgehead atoms. The zero-order valence-electron chi connectivity index (χ0n) is 16.1. The highest BCUT2D eigenvalue weighted by atomic mass is 35.5. The average Bonchev–Trinajstić information content (AvgIpc) is 2.73. The van der Waals surface area contributed by atoms with E-state index >= 15 is 0 Å². The Morgan fingerprint density at radius 3 is 2.14 bits per heavy atom. The van der Waals surface area contributed by atoms with Crippen molar-refractivity contribution < 1.29 is 0 Å². The first-order chi connectivity index (χ1) is 13.7. The predicted molar refractivity (Wildman–Crippen MR) is 124 cm³/mol. The van der Waals surface area contributed by atoms with Crippen molar-refractivity contribution in [3.63, 3.8) is 0 Å². The predicted octanol–water partition coefficient (Wildman–Crippen LogP) is 7.07. The molecule has 0 unspecified atom stereocenters. The number of nitrogens with zero attached hydrogens (tertiary/aromatic N) is 2. The van der Waals surface area contributed by atoms with Gasteiger partial charge >= 0.3 is 0 Å². The second-order valence-electron chi connectivity index (χ2n) is 6.69. The maximum Gasteiger partial charge on any atom is 0.181 e. The Bertz CT molecular complexity index is 883. The fourth-order valence-electron chi connectivity index (χ4n) is 3.10. The molecule has 3 aromatic rings. The van der Waals surface area contributed by atoms with Gasteiger partial charge in [0.2, 0.25) is 0 Å². The van der Waals surface area contributed by atoms with E-state index in [-0.39, 0.29) is 0 Å². The van der Waals surface area contributed by atoms with Crippen LogP contribution in [-0.4, -0.2) is 16.6 Å². The first-order valence-corrected chi connectivity index (χ1v) is 10.4. The molecule has 0 aliphatic heterocycles. The number of unbranched alkanes of at least 4 members (excludes halogenated alkanes) is 1. The van der Waals surface area contributed by atoms with Crippen LogP contribution in [0.4, 0.5) is 11.4 Å². The van der Waals surface area contributed by atoms with Gasteiger partial charge in [0.15, 0.2) is 5.11 Å². The van der Waals surface area contributed by atoms with Gasteiger partial charge in [-0.05, 0) is 54.5 Å². The molecule has 0 fully saturated rings. The molecule has 0 N–H and O–H groups in total. The lowest BCUT2D eigenvalue weighted by molar-refractivity contribution is 0.404. The molecule has 0 radical (unpaired) electrons. The highest BCUT2D eigenvalue weighted by Crippen LogP contribution is 2.29. The van der Waals surface area contributed by atoms with Gasteiger partial charge in [-0.25, -0.2) is 0 Å². The molecule has 2 nitrogen and oxygen atoms in total. The molecule has 28 heavy (non-hydrogen) atoms. The monoisotopic (exact) mass is 408 g/mol. The molecule has 0 amide bonds. The molecule has 0 aromatic heterocycles. The lowest BCUT2D eigenvalue weighted by Gasteiger charge is -2.34. The van der Waals surface area contributed by atoms with Crippen molar-refractivity contribution in [2.75, 3.05) is 11.4 Å². The van der Waals surface area contributed by atoms with Crippen molar-refractivity contribution in [2.24, 2.45) is 0 Å². The Hall–Kier alpha value is -2.36. The Balaban J connectivity index is 1.97. The Labute approximate surface area is 178 Å². The minimum atomic E-state index is 0.699. The van der Waals surface area contributed by atoms with E-state index in [1.807, 2.05) is 48.5 Å². The van der Waals surface area contributed by atoms with Crippen molar-refractivity contribution in [3.05, 3.63) is 95.5 Å². The third kappa shape index (κ3) is 5.34. The maximum absolute atomic E-state index is 6.29. The van der Waals surface area contributed by atoms with Crippen LogP contribution in [0.1, 0.15) is 25.3 Å². The number of anilines is 2. The summed E-state index contributed by atoms with van der Waals surface area (Å²) in [5.74, 6) is 0. The summed E-state index contributed by atoms with van der Waals surface area (Å²) in [5, 5.41) is 1.48. The van der Waals surface area contributed by atoms with Gasteiger partial charge in [-0.3, -0.25) is 4.90 Å². The number of para-hydroxylation sites is 1. The van der Waals surface area contributed by atoms with E-state index in [2.05, 4.69) is 53.1 Å². The Morgan fingerprint density at radius 1 is 0.857 bits per heavy atom. The van der Waals surface area contributed by atoms with Crippen LogP contribution in [-0.2, 0) is 6.54 Å². The molecule has 144 valence electrons. The summed E-state index contributed by atoms with van der Waals surface area (Å²) in [4.78, 5) is 4.39. The fourth-order valence-corrected chi connectivity index (χ4v) is 3.65. The van der Waals surface area contributed by atoms with Crippen LogP contribution in [0.3, 0.4) is 0 Å². The quantitative estimate of drug-likeness (QED) is 0.386. The van der Waals surface area contributed by atoms with E-state index in [1.165, 1.54) is 5.56 Å². The van der Waals surface area contributed by atoms with Crippen LogP contribution in [0.15, 0.2) is 84.9 Å². The van der Waals surface area contributed by atoms with E-state index in [4.69, 9.17) is 23.8 Å². The molecular weight excluding hydrogens is 384 g/mol. The second-order valence-corrected chi connectivity index (χ2v) is 7.50. The molecule has 0 spiro atoms. The largest absolute Gasteiger partial charge is 0.344 e. The molecule has 0 aliphatic carbocycles. The second kappa shape index (κ2) is 10.3. The number of benzene rings is 3. The Kier molecular flexibility index (Phi) is 7.46. The smallest absolute Gasteiger partial charge is 0.181 e.